The Hall–Kier alpha value is -1.06. The van der Waals surface area contributed by atoms with E-state index in [0.717, 1.165) is 18.5 Å². The molecule has 1 rings (SSSR count). The Balaban J connectivity index is 0.00000400. The zero-order valence-electron chi connectivity index (χ0n) is 13.8. The number of likely N-dealkylation sites (N-methyl/N-ethyl adjacent to an activating group) is 1. The van der Waals surface area contributed by atoms with Gasteiger partial charge in [0.05, 0.1) is 5.92 Å². The van der Waals surface area contributed by atoms with Gasteiger partial charge in [-0.2, -0.15) is 0 Å². The summed E-state index contributed by atoms with van der Waals surface area (Å²) < 4.78 is 0. The summed E-state index contributed by atoms with van der Waals surface area (Å²) >= 11 is 0. The second-order valence-corrected chi connectivity index (χ2v) is 6.16. The van der Waals surface area contributed by atoms with Gasteiger partial charge in [-0.3, -0.25) is 4.79 Å². The number of rotatable bonds is 7. The Kier molecular flexibility index (Phi) is 9.31. The highest BCUT2D eigenvalue weighted by Crippen LogP contribution is 2.17. The van der Waals surface area contributed by atoms with Crippen LogP contribution in [0, 0.1) is 5.92 Å². The van der Waals surface area contributed by atoms with Crippen molar-refractivity contribution in [2.75, 3.05) is 27.2 Å². The van der Waals surface area contributed by atoms with Crippen LogP contribution in [-0.2, 0) is 11.2 Å². The van der Waals surface area contributed by atoms with E-state index < -0.39 is 0 Å². The first-order chi connectivity index (χ1) is 9.40. The number of benzene rings is 1. The monoisotopic (exact) mass is 312 g/mol. The lowest BCUT2D eigenvalue weighted by Crippen LogP contribution is -2.33. The molecule has 3 nitrogen and oxygen atoms in total. The highest BCUT2D eigenvalue weighted by atomic mass is 35.5. The van der Waals surface area contributed by atoms with E-state index >= 15 is 0 Å². The summed E-state index contributed by atoms with van der Waals surface area (Å²) in [7, 11) is 4.01. The van der Waals surface area contributed by atoms with Crippen LogP contribution in [0.3, 0.4) is 0 Å². The van der Waals surface area contributed by atoms with Gasteiger partial charge in [0, 0.05) is 13.1 Å². The fourth-order valence-corrected chi connectivity index (χ4v) is 2.12. The average Bonchev–Trinajstić information content (AvgIpc) is 2.37. The van der Waals surface area contributed by atoms with E-state index in [2.05, 4.69) is 48.3 Å². The molecule has 0 aromatic heterocycles. The molecule has 4 heteroatoms. The lowest BCUT2D eigenvalue weighted by molar-refractivity contribution is -0.122. The highest BCUT2D eigenvalue weighted by Gasteiger charge is 2.14. The van der Waals surface area contributed by atoms with E-state index in [-0.39, 0.29) is 24.2 Å². The predicted octanol–water partition coefficient (Wildman–Crippen LogP) is 3.09. The molecular formula is C17H29ClN2O. The Morgan fingerprint density at radius 2 is 1.71 bits per heavy atom. The zero-order valence-corrected chi connectivity index (χ0v) is 14.7. The minimum absolute atomic E-state index is 0. The third-order valence-electron chi connectivity index (χ3n) is 3.38. The zero-order chi connectivity index (χ0) is 15.1. The normalized spacial score (nSPS) is 12.1. The topological polar surface area (TPSA) is 32.3 Å². The van der Waals surface area contributed by atoms with Crippen molar-refractivity contribution in [2.24, 2.45) is 5.92 Å². The van der Waals surface area contributed by atoms with Crippen LogP contribution in [0.2, 0.25) is 0 Å². The van der Waals surface area contributed by atoms with Gasteiger partial charge in [0.15, 0.2) is 0 Å². The Bertz CT molecular complexity index is 415. The molecule has 0 saturated heterocycles. The number of nitrogens with zero attached hydrogens (tertiary/aromatic N) is 1. The van der Waals surface area contributed by atoms with E-state index in [9.17, 15) is 4.79 Å². The van der Waals surface area contributed by atoms with Crippen molar-refractivity contribution in [3.63, 3.8) is 0 Å². The van der Waals surface area contributed by atoms with Crippen LogP contribution in [0.4, 0.5) is 0 Å². The summed E-state index contributed by atoms with van der Waals surface area (Å²) in [6.07, 6.45) is 1.09. The van der Waals surface area contributed by atoms with Gasteiger partial charge in [-0.15, -0.1) is 12.4 Å². The number of nitrogens with one attached hydrogen (secondary N) is 1. The molecule has 0 unspecified atom stereocenters. The molecule has 0 saturated carbocycles. The summed E-state index contributed by atoms with van der Waals surface area (Å²) in [6, 6.07) is 8.43. The van der Waals surface area contributed by atoms with Crippen molar-refractivity contribution in [1.82, 2.24) is 10.2 Å². The molecule has 120 valence electrons. The van der Waals surface area contributed by atoms with E-state index in [4.69, 9.17) is 0 Å². The maximum absolute atomic E-state index is 12.1. The van der Waals surface area contributed by atoms with Crippen LogP contribution in [-0.4, -0.2) is 38.0 Å². The Labute approximate surface area is 135 Å². The molecule has 1 amide bonds. The third kappa shape index (κ3) is 7.49. The number of carbonyl (C=O) groups excluding carboxylic acids is 1. The molecule has 0 heterocycles. The highest BCUT2D eigenvalue weighted by molar-refractivity contribution is 5.85. The number of hydrogen-bond acceptors (Lipinski definition) is 2. The fraction of sp³-hybridized carbons (Fsp3) is 0.588. The van der Waals surface area contributed by atoms with Gasteiger partial charge in [0.25, 0.3) is 0 Å². The average molecular weight is 313 g/mol. The van der Waals surface area contributed by atoms with E-state index in [1.54, 1.807) is 0 Å². The molecule has 21 heavy (non-hydrogen) atoms. The van der Waals surface area contributed by atoms with Crippen molar-refractivity contribution in [1.29, 1.82) is 0 Å². The number of hydrogen-bond donors (Lipinski definition) is 1. The molecule has 1 atom stereocenters. The second-order valence-electron chi connectivity index (χ2n) is 6.16. The fourth-order valence-electron chi connectivity index (χ4n) is 2.12. The summed E-state index contributed by atoms with van der Waals surface area (Å²) in [6.45, 7) is 7.96. The van der Waals surface area contributed by atoms with E-state index in [1.807, 2.05) is 21.0 Å². The van der Waals surface area contributed by atoms with Crippen molar-refractivity contribution < 1.29 is 4.79 Å². The summed E-state index contributed by atoms with van der Waals surface area (Å²) in [5.74, 6) is 0.668. The number of amides is 1. The van der Waals surface area contributed by atoms with Crippen LogP contribution in [0.5, 0.6) is 0 Å². The predicted molar refractivity (Wildman–Crippen MR) is 92.2 cm³/mol. The molecule has 0 aliphatic carbocycles. The van der Waals surface area contributed by atoms with Crippen molar-refractivity contribution >= 4 is 18.3 Å². The van der Waals surface area contributed by atoms with Crippen LogP contribution in [0.15, 0.2) is 24.3 Å². The minimum atomic E-state index is -0.0923. The summed E-state index contributed by atoms with van der Waals surface area (Å²) in [4.78, 5) is 14.1. The van der Waals surface area contributed by atoms with Gasteiger partial charge in [0.1, 0.15) is 0 Å². The van der Waals surface area contributed by atoms with Gasteiger partial charge < -0.3 is 10.2 Å². The maximum atomic E-state index is 12.1. The summed E-state index contributed by atoms with van der Waals surface area (Å²) in [5, 5.41) is 2.98. The van der Waals surface area contributed by atoms with Crippen LogP contribution in [0.1, 0.15) is 37.8 Å². The largest absolute Gasteiger partial charge is 0.354 e. The lowest BCUT2D eigenvalue weighted by atomic mass is 9.96. The molecule has 1 aromatic carbocycles. The van der Waals surface area contributed by atoms with Crippen molar-refractivity contribution in [3.05, 3.63) is 35.4 Å². The second kappa shape index (κ2) is 9.80. The lowest BCUT2D eigenvalue weighted by Gasteiger charge is -2.15. The SMILES string of the molecule is CC(C)Cc1ccc([C@@H](C)C(=O)NCCN(C)C)cc1.Cl. The Morgan fingerprint density at radius 3 is 2.19 bits per heavy atom. The van der Waals surface area contributed by atoms with E-state index in [0.29, 0.717) is 12.5 Å². The molecule has 0 aliphatic heterocycles. The first-order valence-electron chi connectivity index (χ1n) is 7.41. The van der Waals surface area contributed by atoms with Crippen LogP contribution in [0.25, 0.3) is 0 Å². The van der Waals surface area contributed by atoms with Gasteiger partial charge in [-0.05, 0) is 44.5 Å². The first-order valence-corrected chi connectivity index (χ1v) is 7.41. The van der Waals surface area contributed by atoms with Crippen molar-refractivity contribution in [3.8, 4) is 0 Å². The number of carbonyl (C=O) groups is 1. The molecule has 0 spiro atoms. The molecule has 1 N–H and O–H groups in total. The van der Waals surface area contributed by atoms with Gasteiger partial charge >= 0.3 is 0 Å². The van der Waals surface area contributed by atoms with Gasteiger partial charge in [-0.1, -0.05) is 38.1 Å². The smallest absolute Gasteiger partial charge is 0.227 e. The minimum Gasteiger partial charge on any atom is -0.354 e. The van der Waals surface area contributed by atoms with Gasteiger partial charge in [-0.25, -0.2) is 0 Å². The first kappa shape index (κ1) is 19.9. The molecule has 0 bridgehead atoms. The third-order valence-corrected chi connectivity index (χ3v) is 3.38. The van der Waals surface area contributed by atoms with E-state index in [1.165, 1.54) is 5.56 Å². The molecular weight excluding hydrogens is 284 g/mol. The maximum Gasteiger partial charge on any atom is 0.227 e. The van der Waals surface area contributed by atoms with Crippen LogP contribution < -0.4 is 5.32 Å². The quantitative estimate of drug-likeness (QED) is 0.839. The van der Waals surface area contributed by atoms with Crippen molar-refractivity contribution in [2.45, 2.75) is 33.1 Å². The van der Waals surface area contributed by atoms with Gasteiger partial charge in [0.2, 0.25) is 5.91 Å². The molecule has 0 fully saturated rings. The van der Waals surface area contributed by atoms with Crippen LogP contribution >= 0.6 is 12.4 Å². The molecule has 0 aliphatic rings. The standard InChI is InChI=1S/C17H28N2O.ClH/c1-13(2)12-15-6-8-16(9-7-15)14(3)17(20)18-10-11-19(4)5;/h6-9,13-14H,10-12H2,1-5H3,(H,18,20);1H/t14-;/m1./s1. The summed E-state index contributed by atoms with van der Waals surface area (Å²) in [5.41, 5.74) is 2.42. The molecule has 1 aromatic rings. The molecule has 0 radical (unpaired) electrons. The Morgan fingerprint density at radius 1 is 1.14 bits per heavy atom. The number of halogens is 1.